The Bertz CT molecular complexity index is 864. The lowest BCUT2D eigenvalue weighted by Gasteiger charge is -2.05. The van der Waals surface area contributed by atoms with Crippen LogP contribution in [0.25, 0.3) is 0 Å². The largest absolute Gasteiger partial charge is 0.504 e. The van der Waals surface area contributed by atoms with Gasteiger partial charge >= 0.3 is 5.97 Å². The molecule has 1 rings (SSSR count). The number of ketones is 1. The highest BCUT2D eigenvalue weighted by molar-refractivity contribution is 5.82. The van der Waals surface area contributed by atoms with Gasteiger partial charge in [0.15, 0.2) is 17.3 Å². The first-order chi connectivity index (χ1) is 17.5. The van der Waals surface area contributed by atoms with Crippen molar-refractivity contribution in [3.63, 3.8) is 0 Å². The van der Waals surface area contributed by atoms with E-state index in [9.17, 15) is 19.8 Å². The molecule has 0 aromatic heterocycles. The van der Waals surface area contributed by atoms with Crippen LogP contribution in [0.5, 0.6) is 11.5 Å². The van der Waals surface area contributed by atoms with Crippen molar-refractivity contribution < 1.29 is 24.5 Å². The first kappa shape index (κ1) is 31.0. The number of esters is 1. The number of hydrogen-bond donors (Lipinski definition) is 2. The molecule has 0 aliphatic carbocycles. The summed E-state index contributed by atoms with van der Waals surface area (Å²) in [7, 11) is 0. The standard InChI is InChI=1S/C31H44O5/c1-2-3-4-5-6-7-8-9-10-11-12-13-14-15-16-17-18-22-31(35)36-26-28(32)21-19-20-27-23-24-29(33)30(34)25-27/h6-7,9-10,12-13,15-16,23-25,33-34H,2-5,8,11,14,17-22,26H2,1H3/b7-6-,10-9-,13-12-,16-15-. The second-order valence-corrected chi connectivity index (χ2v) is 8.86. The van der Waals surface area contributed by atoms with Crippen LogP contribution < -0.4 is 0 Å². The molecule has 0 spiro atoms. The number of hydrogen-bond acceptors (Lipinski definition) is 5. The molecular formula is C31H44O5. The first-order valence-corrected chi connectivity index (χ1v) is 13.3. The molecule has 0 aliphatic rings. The van der Waals surface area contributed by atoms with Gasteiger partial charge in [-0.3, -0.25) is 9.59 Å². The summed E-state index contributed by atoms with van der Waals surface area (Å²) >= 11 is 0. The quantitative estimate of drug-likeness (QED) is 0.0837. The average Bonchev–Trinajstić information content (AvgIpc) is 2.86. The summed E-state index contributed by atoms with van der Waals surface area (Å²) in [6.07, 6.45) is 28.6. The van der Waals surface area contributed by atoms with E-state index in [0.717, 1.165) is 31.2 Å². The van der Waals surface area contributed by atoms with Crippen molar-refractivity contribution >= 4 is 11.8 Å². The number of aromatic hydroxyl groups is 2. The van der Waals surface area contributed by atoms with E-state index in [1.54, 1.807) is 6.07 Å². The molecule has 0 heterocycles. The lowest BCUT2D eigenvalue weighted by atomic mass is 10.1. The summed E-state index contributed by atoms with van der Waals surface area (Å²) in [6, 6.07) is 4.62. The first-order valence-electron chi connectivity index (χ1n) is 13.3. The maximum atomic E-state index is 11.9. The summed E-state index contributed by atoms with van der Waals surface area (Å²) in [5.41, 5.74) is 0.840. The van der Waals surface area contributed by atoms with Crippen LogP contribution in [0, 0.1) is 0 Å². The summed E-state index contributed by atoms with van der Waals surface area (Å²) in [5.74, 6) is -0.794. The number of allylic oxidation sites excluding steroid dienone is 8. The number of rotatable bonds is 20. The third kappa shape index (κ3) is 17.4. The zero-order valence-corrected chi connectivity index (χ0v) is 21.9. The van der Waals surface area contributed by atoms with Gasteiger partial charge in [-0.25, -0.2) is 0 Å². The zero-order chi connectivity index (χ0) is 26.3. The molecule has 0 unspecified atom stereocenters. The Hall–Kier alpha value is -3.08. The van der Waals surface area contributed by atoms with E-state index in [2.05, 4.69) is 55.5 Å². The number of phenols is 2. The Morgan fingerprint density at radius 1 is 0.750 bits per heavy atom. The number of Topliss-reactive ketones (excluding diaryl/α,β-unsaturated/α-hetero) is 1. The fourth-order valence-corrected chi connectivity index (χ4v) is 3.44. The van der Waals surface area contributed by atoms with Gasteiger partial charge in [-0.05, 0) is 75.5 Å². The Kier molecular flexibility index (Phi) is 18.2. The molecule has 1 aromatic rings. The minimum absolute atomic E-state index is 0.119. The monoisotopic (exact) mass is 496 g/mol. The number of aryl methyl sites for hydroxylation is 1. The summed E-state index contributed by atoms with van der Waals surface area (Å²) in [5, 5.41) is 18.8. The van der Waals surface area contributed by atoms with Crippen LogP contribution in [0.3, 0.4) is 0 Å². The zero-order valence-electron chi connectivity index (χ0n) is 21.9. The third-order valence-corrected chi connectivity index (χ3v) is 5.56. The number of carbonyl (C=O) groups is 2. The molecule has 0 bridgehead atoms. The maximum Gasteiger partial charge on any atom is 0.306 e. The van der Waals surface area contributed by atoms with Gasteiger partial charge in [0.25, 0.3) is 0 Å². The molecule has 1 aromatic carbocycles. The summed E-state index contributed by atoms with van der Waals surface area (Å²) in [6.45, 7) is 2.03. The molecular weight excluding hydrogens is 452 g/mol. The van der Waals surface area contributed by atoms with Crippen molar-refractivity contribution in [1.82, 2.24) is 0 Å². The number of ether oxygens (including phenoxy) is 1. The minimum Gasteiger partial charge on any atom is -0.504 e. The molecule has 5 nitrogen and oxygen atoms in total. The van der Waals surface area contributed by atoms with Gasteiger partial charge in [0, 0.05) is 12.8 Å². The van der Waals surface area contributed by atoms with Crippen LogP contribution in [0.4, 0.5) is 0 Å². The van der Waals surface area contributed by atoms with E-state index < -0.39 is 0 Å². The second kappa shape index (κ2) is 21.2. The SMILES string of the molecule is CCCCC/C=C\C/C=C\C/C=C\C/C=C\CCCC(=O)OCC(=O)CCCc1ccc(O)c(O)c1. The van der Waals surface area contributed by atoms with Crippen LogP contribution in [0.1, 0.15) is 89.5 Å². The molecule has 0 aliphatic heterocycles. The minimum atomic E-state index is -0.345. The second-order valence-electron chi connectivity index (χ2n) is 8.86. The van der Waals surface area contributed by atoms with Crippen molar-refractivity contribution in [1.29, 1.82) is 0 Å². The van der Waals surface area contributed by atoms with E-state index in [4.69, 9.17) is 4.74 Å². The molecule has 0 saturated carbocycles. The van der Waals surface area contributed by atoms with Crippen LogP contribution >= 0.6 is 0 Å². The maximum absolute atomic E-state index is 11.9. The van der Waals surface area contributed by atoms with Crippen molar-refractivity contribution in [3.8, 4) is 11.5 Å². The van der Waals surface area contributed by atoms with E-state index in [-0.39, 0.29) is 29.9 Å². The Balaban J connectivity index is 1.98. The van der Waals surface area contributed by atoms with Crippen LogP contribution in [0.15, 0.2) is 66.8 Å². The number of benzene rings is 1. The number of unbranched alkanes of at least 4 members (excludes halogenated alkanes) is 4. The van der Waals surface area contributed by atoms with Gasteiger partial charge in [-0.2, -0.15) is 0 Å². The van der Waals surface area contributed by atoms with Crippen molar-refractivity contribution in [2.24, 2.45) is 0 Å². The molecule has 0 atom stereocenters. The lowest BCUT2D eigenvalue weighted by Crippen LogP contribution is -2.13. The molecule has 0 saturated heterocycles. The smallest absolute Gasteiger partial charge is 0.306 e. The Morgan fingerprint density at radius 2 is 1.36 bits per heavy atom. The van der Waals surface area contributed by atoms with E-state index in [1.165, 1.54) is 37.8 Å². The molecule has 5 heteroatoms. The Morgan fingerprint density at radius 3 is 1.97 bits per heavy atom. The molecule has 36 heavy (non-hydrogen) atoms. The summed E-state index contributed by atoms with van der Waals surface area (Å²) in [4.78, 5) is 23.7. The van der Waals surface area contributed by atoms with Gasteiger partial charge in [0.05, 0.1) is 0 Å². The highest BCUT2D eigenvalue weighted by Gasteiger charge is 2.08. The van der Waals surface area contributed by atoms with Crippen molar-refractivity contribution in [2.45, 2.75) is 90.4 Å². The highest BCUT2D eigenvalue weighted by Crippen LogP contribution is 2.25. The molecule has 0 radical (unpaired) electrons. The fourth-order valence-electron chi connectivity index (χ4n) is 3.44. The van der Waals surface area contributed by atoms with E-state index in [0.29, 0.717) is 32.1 Å². The molecule has 0 fully saturated rings. The van der Waals surface area contributed by atoms with Gasteiger partial charge in [0.1, 0.15) is 6.61 Å². The van der Waals surface area contributed by atoms with Gasteiger partial charge < -0.3 is 14.9 Å². The van der Waals surface area contributed by atoms with Gasteiger partial charge in [-0.15, -0.1) is 0 Å². The average molecular weight is 497 g/mol. The third-order valence-electron chi connectivity index (χ3n) is 5.56. The fraction of sp³-hybridized carbons (Fsp3) is 0.484. The van der Waals surface area contributed by atoms with E-state index in [1.807, 2.05) is 0 Å². The predicted octanol–water partition coefficient (Wildman–Crippen LogP) is 7.68. The highest BCUT2D eigenvalue weighted by atomic mass is 16.5. The van der Waals surface area contributed by atoms with E-state index >= 15 is 0 Å². The normalized spacial score (nSPS) is 11.9. The molecule has 198 valence electrons. The number of phenolic OH excluding ortho intramolecular Hbond substituents is 2. The van der Waals surface area contributed by atoms with Crippen LogP contribution in [-0.2, 0) is 20.7 Å². The number of carbonyl (C=O) groups excluding carboxylic acids is 2. The molecule has 0 amide bonds. The predicted molar refractivity (Wildman–Crippen MR) is 147 cm³/mol. The summed E-state index contributed by atoms with van der Waals surface area (Å²) < 4.78 is 5.06. The van der Waals surface area contributed by atoms with Crippen LogP contribution in [0.2, 0.25) is 0 Å². The van der Waals surface area contributed by atoms with Gasteiger partial charge in [0.2, 0.25) is 0 Å². The topological polar surface area (TPSA) is 83.8 Å². The van der Waals surface area contributed by atoms with Crippen LogP contribution in [-0.4, -0.2) is 28.6 Å². The Labute approximate surface area is 217 Å². The van der Waals surface area contributed by atoms with Crippen molar-refractivity contribution in [3.05, 3.63) is 72.4 Å². The lowest BCUT2D eigenvalue weighted by molar-refractivity contribution is -0.148. The molecule has 2 N–H and O–H groups in total. The van der Waals surface area contributed by atoms with Gasteiger partial charge in [-0.1, -0.05) is 74.4 Å². The van der Waals surface area contributed by atoms with Crippen molar-refractivity contribution in [2.75, 3.05) is 6.61 Å².